The van der Waals surface area contributed by atoms with Crippen molar-refractivity contribution in [3.8, 4) is 0 Å². The fourth-order valence-electron chi connectivity index (χ4n) is 3.37. The summed E-state index contributed by atoms with van der Waals surface area (Å²) in [6.07, 6.45) is 8.33. The van der Waals surface area contributed by atoms with Crippen molar-refractivity contribution in [3.63, 3.8) is 0 Å². The standard InChI is InChI=1S/C20H24N2O2/c1-22-11-3-4-19(22)18-12-16(13-21-14-18)6-5-15-7-9-17(10-8-15)20(23)24-2/h7-10,12-14,19H,3-6,11H2,1-2H3. The first-order valence-electron chi connectivity index (χ1n) is 8.48. The highest BCUT2D eigenvalue weighted by Crippen LogP contribution is 2.30. The number of rotatable bonds is 5. The van der Waals surface area contributed by atoms with E-state index in [1.54, 1.807) is 0 Å². The number of aryl methyl sites for hydroxylation is 2. The molecule has 1 aliphatic heterocycles. The summed E-state index contributed by atoms with van der Waals surface area (Å²) in [6, 6.07) is 10.4. The Kier molecular flexibility index (Phi) is 5.26. The second-order valence-corrected chi connectivity index (χ2v) is 6.45. The van der Waals surface area contributed by atoms with E-state index in [4.69, 9.17) is 4.74 Å². The Bertz CT molecular complexity index is 697. The van der Waals surface area contributed by atoms with Gasteiger partial charge < -0.3 is 4.74 Å². The molecular formula is C20H24N2O2. The largest absolute Gasteiger partial charge is 0.465 e. The third-order valence-electron chi connectivity index (χ3n) is 4.80. The molecule has 4 heteroatoms. The van der Waals surface area contributed by atoms with E-state index in [-0.39, 0.29) is 5.97 Å². The zero-order valence-electron chi connectivity index (χ0n) is 14.4. The molecule has 3 rings (SSSR count). The quantitative estimate of drug-likeness (QED) is 0.790. The van der Waals surface area contributed by atoms with Gasteiger partial charge in [-0.15, -0.1) is 0 Å². The van der Waals surface area contributed by atoms with Crippen LogP contribution < -0.4 is 0 Å². The second kappa shape index (κ2) is 7.58. The van der Waals surface area contributed by atoms with Crippen molar-refractivity contribution in [2.45, 2.75) is 31.7 Å². The Morgan fingerprint density at radius 3 is 2.62 bits per heavy atom. The van der Waals surface area contributed by atoms with Crippen LogP contribution in [0.2, 0.25) is 0 Å². The van der Waals surface area contributed by atoms with Gasteiger partial charge in [0.2, 0.25) is 0 Å². The van der Waals surface area contributed by atoms with E-state index >= 15 is 0 Å². The maximum absolute atomic E-state index is 11.5. The molecule has 1 fully saturated rings. The normalized spacial score (nSPS) is 17.8. The molecule has 0 N–H and O–H groups in total. The van der Waals surface area contributed by atoms with Crippen molar-refractivity contribution >= 4 is 5.97 Å². The van der Waals surface area contributed by atoms with Gasteiger partial charge in [-0.25, -0.2) is 4.79 Å². The third kappa shape index (κ3) is 3.82. The van der Waals surface area contributed by atoms with E-state index in [2.05, 4.69) is 23.0 Å². The average molecular weight is 324 g/mol. The van der Waals surface area contributed by atoms with E-state index < -0.39 is 0 Å². The van der Waals surface area contributed by atoms with Gasteiger partial charge >= 0.3 is 5.97 Å². The molecule has 1 aromatic heterocycles. The molecule has 1 aliphatic rings. The van der Waals surface area contributed by atoms with Crippen LogP contribution >= 0.6 is 0 Å². The number of pyridine rings is 1. The summed E-state index contributed by atoms with van der Waals surface area (Å²) >= 11 is 0. The van der Waals surface area contributed by atoms with Crippen LogP contribution in [0.5, 0.6) is 0 Å². The lowest BCUT2D eigenvalue weighted by Crippen LogP contribution is -2.17. The first-order chi connectivity index (χ1) is 11.7. The number of hydrogen-bond donors (Lipinski definition) is 0. The van der Waals surface area contributed by atoms with Crippen molar-refractivity contribution in [2.24, 2.45) is 0 Å². The predicted molar refractivity (Wildman–Crippen MR) is 94.0 cm³/mol. The van der Waals surface area contributed by atoms with Crippen molar-refractivity contribution in [3.05, 3.63) is 65.0 Å². The Balaban J connectivity index is 1.63. The first kappa shape index (κ1) is 16.7. The maximum Gasteiger partial charge on any atom is 0.337 e. The van der Waals surface area contributed by atoms with E-state index in [0.717, 1.165) is 12.8 Å². The molecule has 0 bridgehead atoms. The van der Waals surface area contributed by atoms with E-state index in [1.807, 2.05) is 36.7 Å². The summed E-state index contributed by atoms with van der Waals surface area (Å²) in [7, 11) is 3.59. The minimum absolute atomic E-state index is 0.292. The number of methoxy groups -OCH3 is 1. The van der Waals surface area contributed by atoms with Crippen LogP contribution in [-0.4, -0.2) is 36.6 Å². The Morgan fingerprint density at radius 1 is 1.21 bits per heavy atom. The van der Waals surface area contributed by atoms with Crippen LogP contribution in [0.1, 0.15) is 45.9 Å². The third-order valence-corrected chi connectivity index (χ3v) is 4.80. The average Bonchev–Trinajstić information content (AvgIpc) is 3.06. The molecule has 1 saturated heterocycles. The molecule has 126 valence electrons. The molecule has 1 unspecified atom stereocenters. The molecule has 1 aromatic carbocycles. The van der Waals surface area contributed by atoms with Crippen molar-refractivity contribution in [1.29, 1.82) is 0 Å². The zero-order valence-corrected chi connectivity index (χ0v) is 14.4. The first-order valence-corrected chi connectivity index (χ1v) is 8.48. The van der Waals surface area contributed by atoms with Gasteiger partial charge in [0.05, 0.1) is 12.7 Å². The molecule has 0 amide bonds. The Labute approximate surface area is 143 Å². The molecule has 0 radical (unpaired) electrons. The van der Waals surface area contributed by atoms with Crippen LogP contribution in [-0.2, 0) is 17.6 Å². The molecule has 1 atom stereocenters. The van der Waals surface area contributed by atoms with Gasteiger partial charge in [0.15, 0.2) is 0 Å². The monoisotopic (exact) mass is 324 g/mol. The van der Waals surface area contributed by atoms with E-state index in [0.29, 0.717) is 11.6 Å². The molecule has 24 heavy (non-hydrogen) atoms. The van der Waals surface area contributed by atoms with E-state index in [9.17, 15) is 4.79 Å². The number of benzene rings is 1. The van der Waals surface area contributed by atoms with Crippen LogP contribution in [0.4, 0.5) is 0 Å². The number of aromatic nitrogens is 1. The summed E-state index contributed by atoms with van der Waals surface area (Å²) in [5.41, 5.74) is 4.40. The molecular weight excluding hydrogens is 300 g/mol. The number of hydrogen-bond acceptors (Lipinski definition) is 4. The lowest BCUT2D eigenvalue weighted by molar-refractivity contribution is 0.0600. The molecule has 0 saturated carbocycles. The van der Waals surface area contributed by atoms with Gasteiger partial charge in [0.1, 0.15) is 0 Å². The highest BCUT2D eigenvalue weighted by atomic mass is 16.5. The summed E-state index contributed by atoms with van der Waals surface area (Å²) in [5.74, 6) is -0.292. The number of carbonyl (C=O) groups is 1. The van der Waals surface area contributed by atoms with Crippen molar-refractivity contribution in [2.75, 3.05) is 20.7 Å². The lowest BCUT2D eigenvalue weighted by atomic mass is 10.0. The summed E-state index contributed by atoms with van der Waals surface area (Å²) < 4.78 is 4.72. The Morgan fingerprint density at radius 2 is 1.96 bits per heavy atom. The SMILES string of the molecule is COC(=O)c1ccc(CCc2cncc(C3CCCN3C)c2)cc1. The Hall–Kier alpha value is -2.20. The molecule has 0 spiro atoms. The summed E-state index contributed by atoms with van der Waals surface area (Å²) in [6.45, 7) is 1.17. The smallest absolute Gasteiger partial charge is 0.337 e. The van der Waals surface area contributed by atoms with Gasteiger partial charge in [-0.3, -0.25) is 9.88 Å². The number of likely N-dealkylation sites (tertiary alicyclic amines) is 1. The van der Waals surface area contributed by atoms with Gasteiger partial charge in [-0.05, 0) is 68.1 Å². The van der Waals surface area contributed by atoms with Gasteiger partial charge in [-0.2, -0.15) is 0 Å². The lowest BCUT2D eigenvalue weighted by Gasteiger charge is -2.19. The highest BCUT2D eigenvalue weighted by molar-refractivity contribution is 5.89. The fraction of sp³-hybridized carbons (Fsp3) is 0.400. The van der Waals surface area contributed by atoms with Crippen LogP contribution in [0, 0.1) is 0 Å². The van der Waals surface area contributed by atoms with Gasteiger partial charge in [0.25, 0.3) is 0 Å². The topological polar surface area (TPSA) is 42.4 Å². The minimum atomic E-state index is -0.292. The maximum atomic E-state index is 11.5. The van der Waals surface area contributed by atoms with Crippen molar-refractivity contribution < 1.29 is 9.53 Å². The van der Waals surface area contributed by atoms with Crippen LogP contribution in [0.3, 0.4) is 0 Å². The van der Waals surface area contributed by atoms with Gasteiger partial charge in [-0.1, -0.05) is 18.2 Å². The molecule has 2 heterocycles. The predicted octanol–water partition coefficient (Wildman–Crippen LogP) is 3.42. The summed E-state index contributed by atoms with van der Waals surface area (Å²) in [5, 5.41) is 0. The number of ether oxygens (including phenoxy) is 1. The minimum Gasteiger partial charge on any atom is -0.465 e. The van der Waals surface area contributed by atoms with E-state index in [1.165, 1.54) is 43.2 Å². The molecule has 0 aliphatic carbocycles. The summed E-state index contributed by atoms with van der Waals surface area (Å²) in [4.78, 5) is 18.3. The second-order valence-electron chi connectivity index (χ2n) is 6.45. The number of esters is 1. The number of nitrogens with zero attached hydrogens (tertiary/aromatic N) is 2. The zero-order chi connectivity index (χ0) is 16.9. The van der Waals surface area contributed by atoms with Gasteiger partial charge in [0, 0.05) is 18.4 Å². The van der Waals surface area contributed by atoms with Crippen LogP contribution in [0.25, 0.3) is 0 Å². The molecule has 4 nitrogen and oxygen atoms in total. The highest BCUT2D eigenvalue weighted by Gasteiger charge is 2.22. The fourth-order valence-corrected chi connectivity index (χ4v) is 3.37. The van der Waals surface area contributed by atoms with Crippen LogP contribution in [0.15, 0.2) is 42.7 Å². The van der Waals surface area contributed by atoms with Crippen molar-refractivity contribution in [1.82, 2.24) is 9.88 Å². The molecule has 2 aromatic rings. The number of carbonyl (C=O) groups excluding carboxylic acids is 1.